The maximum atomic E-state index is 5.84. The minimum absolute atomic E-state index is 0.0909. The quantitative estimate of drug-likeness (QED) is 0.349. The molecule has 0 spiro atoms. The molecule has 0 radical (unpaired) electrons. The molecule has 0 aliphatic rings. The Morgan fingerprint density at radius 2 is 1.47 bits per heavy atom. The van der Waals surface area contributed by atoms with E-state index in [2.05, 4.69) is 48.1 Å². The number of rotatable bonds is 11. The van der Waals surface area contributed by atoms with Crippen LogP contribution in [0.25, 0.3) is 22.5 Å². The molecule has 0 aliphatic heterocycles. The first-order valence-electron chi connectivity index (χ1n) is 11.0. The van der Waals surface area contributed by atoms with Crippen LogP contribution in [-0.4, -0.2) is 29.3 Å². The van der Waals surface area contributed by atoms with Gasteiger partial charge in [-0.25, -0.2) is 9.97 Å². The first kappa shape index (κ1) is 22.0. The summed E-state index contributed by atoms with van der Waals surface area (Å²) in [7, 11) is 0. The highest BCUT2D eigenvalue weighted by Gasteiger charge is 2.06. The van der Waals surface area contributed by atoms with Crippen molar-refractivity contribution in [2.24, 2.45) is 0 Å². The minimum atomic E-state index is 0.0909. The highest BCUT2D eigenvalue weighted by Crippen LogP contribution is 2.23. The molecular formula is C26H32N2O2. The Bertz CT molecular complexity index is 874. The van der Waals surface area contributed by atoms with E-state index >= 15 is 0 Å². The van der Waals surface area contributed by atoms with Crippen molar-refractivity contribution in [1.82, 2.24) is 9.97 Å². The van der Waals surface area contributed by atoms with Gasteiger partial charge in [-0.2, -0.15) is 0 Å². The molecule has 0 saturated carbocycles. The van der Waals surface area contributed by atoms with Gasteiger partial charge in [-0.15, -0.1) is 0 Å². The molecule has 1 atom stereocenters. The smallest absolute Gasteiger partial charge is 0.159 e. The van der Waals surface area contributed by atoms with Crippen LogP contribution in [0, 0.1) is 0 Å². The van der Waals surface area contributed by atoms with E-state index in [1.54, 1.807) is 0 Å². The average molecular weight is 405 g/mol. The summed E-state index contributed by atoms with van der Waals surface area (Å²) >= 11 is 0. The van der Waals surface area contributed by atoms with E-state index in [9.17, 15) is 0 Å². The van der Waals surface area contributed by atoms with E-state index in [0.29, 0.717) is 6.61 Å². The normalized spacial score (nSPS) is 12.0. The standard InChI is InChI=1S/C26H32N2O2/c1-4-6-16-29-20(3)19-30-25-14-12-22(13-15-25)24-17-27-26(28-18-24)23-10-8-21(7-5-2)9-11-23/h8-15,17-18,20H,4-7,16,19H2,1-3H3. The summed E-state index contributed by atoms with van der Waals surface area (Å²) in [5, 5.41) is 0. The van der Waals surface area contributed by atoms with Gasteiger partial charge in [0.2, 0.25) is 0 Å². The third kappa shape index (κ3) is 6.39. The molecule has 0 amide bonds. The molecule has 2 aromatic carbocycles. The lowest BCUT2D eigenvalue weighted by Crippen LogP contribution is -2.18. The number of hydrogen-bond donors (Lipinski definition) is 0. The Hall–Kier alpha value is -2.72. The number of ether oxygens (including phenoxy) is 2. The molecule has 30 heavy (non-hydrogen) atoms. The summed E-state index contributed by atoms with van der Waals surface area (Å²) in [5.74, 6) is 1.59. The Morgan fingerprint density at radius 3 is 2.10 bits per heavy atom. The van der Waals surface area contributed by atoms with Gasteiger partial charge in [-0.3, -0.25) is 0 Å². The third-order valence-electron chi connectivity index (χ3n) is 4.98. The molecular weight excluding hydrogens is 372 g/mol. The number of unbranched alkanes of at least 4 members (excludes halogenated alkanes) is 1. The van der Waals surface area contributed by atoms with Crippen molar-refractivity contribution >= 4 is 0 Å². The Labute approximate surface area is 180 Å². The molecule has 0 saturated heterocycles. The Kier molecular flexibility index (Phi) is 8.40. The molecule has 1 heterocycles. The first-order valence-corrected chi connectivity index (χ1v) is 11.0. The van der Waals surface area contributed by atoms with Crippen LogP contribution in [0.2, 0.25) is 0 Å². The van der Waals surface area contributed by atoms with Crippen molar-refractivity contribution in [3.8, 4) is 28.3 Å². The molecule has 3 rings (SSSR count). The molecule has 0 fully saturated rings. The van der Waals surface area contributed by atoms with Crippen LogP contribution < -0.4 is 4.74 Å². The number of aryl methyl sites for hydroxylation is 1. The molecule has 1 aromatic heterocycles. The molecule has 4 nitrogen and oxygen atoms in total. The van der Waals surface area contributed by atoms with Crippen molar-refractivity contribution in [1.29, 1.82) is 0 Å². The van der Waals surface area contributed by atoms with Gasteiger partial charge >= 0.3 is 0 Å². The van der Waals surface area contributed by atoms with E-state index < -0.39 is 0 Å². The number of aromatic nitrogens is 2. The van der Waals surface area contributed by atoms with Crippen molar-refractivity contribution in [3.05, 3.63) is 66.5 Å². The van der Waals surface area contributed by atoms with E-state index in [1.807, 2.05) is 43.6 Å². The van der Waals surface area contributed by atoms with Crippen LogP contribution in [0.5, 0.6) is 5.75 Å². The maximum Gasteiger partial charge on any atom is 0.159 e. The van der Waals surface area contributed by atoms with Gasteiger partial charge in [0, 0.05) is 30.1 Å². The average Bonchev–Trinajstić information content (AvgIpc) is 2.79. The molecule has 0 bridgehead atoms. The van der Waals surface area contributed by atoms with E-state index in [0.717, 1.165) is 60.6 Å². The fraction of sp³-hybridized carbons (Fsp3) is 0.385. The van der Waals surface area contributed by atoms with Crippen LogP contribution in [0.4, 0.5) is 0 Å². The second-order valence-corrected chi connectivity index (χ2v) is 7.61. The molecule has 3 aromatic rings. The van der Waals surface area contributed by atoms with Crippen molar-refractivity contribution in [2.75, 3.05) is 13.2 Å². The van der Waals surface area contributed by atoms with Crippen LogP contribution in [0.15, 0.2) is 60.9 Å². The molecule has 0 aliphatic carbocycles. The van der Waals surface area contributed by atoms with Gasteiger partial charge in [0.15, 0.2) is 5.82 Å². The van der Waals surface area contributed by atoms with Crippen LogP contribution in [0.1, 0.15) is 45.6 Å². The zero-order valence-corrected chi connectivity index (χ0v) is 18.3. The zero-order chi connectivity index (χ0) is 21.2. The minimum Gasteiger partial charge on any atom is -0.491 e. The Balaban J connectivity index is 1.57. The van der Waals surface area contributed by atoms with Gasteiger partial charge in [-0.1, -0.05) is 63.1 Å². The topological polar surface area (TPSA) is 44.2 Å². The predicted molar refractivity (Wildman–Crippen MR) is 123 cm³/mol. The third-order valence-corrected chi connectivity index (χ3v) is 4.98. The van der Waals surface area contributed by atoms with Crippen LogP contribution in [0.3, 0.4) is 0 Å². The highest BCUT2D eigenvalue weighted by atomic mass is 16.5. The first-order chi connectivity index (χ1) is 14.7. The number of hydrogen-bond acceptors (Lipinski definition) is 4. The molecule has 0 N–H and O–H groups in total. The van der Waals surface area contributed by atoms with Crippen LogP contribution in [-0.2, 0) is 11.2 Å². The summed E-state index contributed by atoms with van der Waals surface area (Å²) in [5.41, 5.74) is 4.45. The Morgan fingerprint density at radius 1 is 0.800 bits per heavy atom. The summed E-state index contributed by atoms with van der Waals surface area (Å²) in [4.78, 5) is 9.12. The van der Waals surface area contributed by atoms with Gasteiger partial charge in [-0.05, 0) is 43.0 Å². The lowest BCUT2D eigenvalue weighted by molar-refractivity contribution is 0.0309. The SMILES string of the molecule is CCCCOC(C)COc1ccc(-c2cnc(-c3ccc(CCC)cc3)nc2)cc1. The van der Waals surface area contributed by atoms with E-state index in [-0.39, 0.29) is 6.10 Å². The summed E-state index contributed by atoms with van der Waals surface area (Å²) in [6.07, 6.45) is 8.33. The van der Waals surface area contributed by atoms with Crippen molar-refractivity contribution in [3.63, 3.8) is 0 Å². The highest BCUT2D eigenvalue weighted by molar-refractivity contribution is 5.64. The number of benzene rings is 2. The van der Waals surface area contributed by atoms with Crippen molar-refractivity contribution < 1.29 is 9.47 Å². The van der Waals surface area contributed by atoms with Gasteiger partial charge < -0.3 is 9.47 Å². The van der Waals surface area contributed by atoms with Gasteiger partial charge in [0.1, 0.15) is 12.4 Å². The summed E-state index contributed by atoms with van der Waals surface area (Å²) in [6, 6.07) is 16.5. The lowest BCUT2D eigenvalue weighted by Gasteiger charge is -2.14. The van der Waals surface area contributed by atoms with E-state index in [1.165, 1.54) is 5.56 Å². The van der Waals surface area contributed by atoms with Crippen molar-refractivity contribution in [2.45, 2.75) is 52.6 Å². The van der Waals surface area contributed by atoms with E-state index in [4.69, 9.17) is 9.47 Å². The predicted octanol–water partition coefficient (Wildman–Crippen LogP) is 6.35. The summed E-state index contributed by atoms with van der Waals surface area (Å²) in [6.45, 7) is 7.74. The van der Waals surface area contributed by atoms with Gasteiger partial charge in [0.05, 0.1) is 6.10 Å². The zero-order valence-electron chi connectivity index (χ0n) is 18.3. The lowest BCUT2D eigenvalue weighted by atomic mass is 10.1. The fourth-order valence-electron chi connectivity index (χ4n) is 3.17. The largest absolute Gasteiger partial charge is 0.491 e. The second kappa shape index (κ2) is 11.5. The monoisotopic (exact) mass is 404 g/mol. The molecule has 1 unspecified atom stereocenters. The molecule has 4 heteroatoms. The molecule has 158 valence electrons. The fourth-order valence-corrected chi connectivity index (χ4v) is 3.17. The summed E-state index contributed by atoms with van der Waals surface area (Å²) < 4.78 is 11.6. The number of nitrogens with zero attached hydrogens (tertiary/aromatic N) is 2. The maximum absolute atomic E-state index is 5.84. The van der Waals surface area contributed by atoms with Crippen LogP contribution >= 0.6 is 0 Å². The second-order valence-electron chi connectivity index (χ2n) is 7.61. The van der Waals surface area contributed by atoms with Gasteiger partial charge in [0.25, 0.3) is 0 Å².